The van der Waals surface area contributed by atoms with Gasteiger partial charge in [0.05, 0.1) is 0 Å². The van der Waals surface area contributed by atoms with Crippen LogP contribution in [-0.2, 0) is 0 Å². The van der Waals surface area contributed by atoms with Gasteiger partial charge in [0.1, 0.15) is 22.8 Å². The molecule has 0 aromatic carbocycles. The Morgan fingerprint density at radius 2 is 2.05 bits per heavy atom. The Kier molecular flexibility index (Phi) is 4.32. The summed E-state index contributed by atoms with van der Waals surface area (Å²) in [6.45, 7) is 1.20. The van der Waals surface area contributed by atoms with Crippen LogP contribution in [0.5, 0.6) is 0 Å². The zero-order valence-electron chi connectivity index (χ0n) is 10.5. The minimum atomic E-state index is -4.23. The molecule has 1 aliphatic carbocycles. The number of aromatic nitrogens is 2. The SMILES string of the molecule is CCCN(CC(F)(F)F)c1cc(Br)nc(C2CC2)n1. The van der Waals surface area contributed by atoms with Gasteiger partial charge < -0.3 is 4.90 Å². The van der Waals surface area contributed by atoms with Gasteiger partial charge in [-0.15, -0.1) is 0 Å². The molecule has 1 aromatic rings. The first-order valence-corrected chi connectivity index (χ1v) is 7.04. The molecule has 106 valence electrons. The molecule has 1 saturated carbocycles. The third-order valence-corrected chi connectivity index (χ3v) is 3.24. The maximum absolute atomic E-state index is 12.6. The van der Waals surface area contributed by atoms with E-state index in [1.54, 1.807) is 6.07 Å². The summed E-state index contributed by atoms with van der Waals surface area (Å²) in [4.78, 5) is 9.78. The molecular formula is C12H15BrF3N3. The summed E-state index contributed by atoms with van der Waals surface area (Å²) in [5.74, 6) is 1.31. The first-order chi connectivity index (χ1) is 8.89. The monoisotopic (exact) mass is 337 g/mol. The zero-order valence-corrected chi connectivity index (χ0v) is 12.1. The molecule has 0 saturated heterocycles. The third kappa shape index (κ3) is 4.33. The summed E-state index contributed by atoms with van der Waals surface area (Å²) in [6.07, 6.45) is -1.56. The van der Waals surface area contributed by atoms with E-state index < -0.39 is 12.7 Å². The highest BCUT2D eigenvalue weighted by Crippen LogP contribution is 2.39. The number of halogens is 4. The number of anilines is 1. The van der Waals surface area contributed by atoms with E-state index in [-0.39, 0.29) is 0 Å². The van der Waals surface area contributed by atoms with Gasteiger partial charge in [0.25, 0.3) is 0 Å². The molecule has 0 amide bonds. The lowest BCUT2D eigenvalue weighted by atomic mass is 10.3. The first kappa shape index (κ1) is 14.6. The van der Waals surface area contributed by atoms with E-state index in [4.69, 9.17) is 0 Å². The second-order valence-electron chi connectivity index (χ2n) is 4.72. The summed E-state index contributed by atoms with van der Waals surface area (Å²) < 4.78 is 38.3. The predicted molar refractivity (Wildman–Crippen MR) is 70.3 cm³/mol. The van der Waals surface area contributed by atoms with Crippen LogP contribution in [0, 0.1) is 0 Å². The van der Waals surface area contributed by atoms with Crippen molar-refractivity contribution in [3.63, 3.8) is 0 Å². The fraction of sp³-hybridized carbons (Fsp3) is 0.667. The highest BCUT2D eigenvalue weighted by molar-refractivity contribution is 9.10. The fourth-order valence-electron chi connectivity index (χ4n) is 1.87. The average Bonchev–Trinajstić information content (AvgIpc) is 3.09. The summed E-state index contributed by atoms with van der Waals surface area (Å²) in [5.41, 5.74) is 0. The Hall–Kier alpha value is -0.850. The molecule has 0 N–H and O–H groups in total. The van der Waals surface area contributed by atoms with Crippen molar-refractivity contribution in [1.82, 2.24) is 9.97 Å². The average molecular weight is 338 g/mol. The molecule has 1 fully saturated rings. The molecule has 1 aliphatic rings. The van der Waals surface area contributed by atoms with Crippen LogP contribution in [0.3, 0.4) is 0 Å². The Morgan fingerprint density at radius 1 is 1.37 bits per heavy atom. The van der Waals surface area contributed by atoms with Gasteiger partial charge >= 0.3 is 6.18 Å². The standard InChI is InChI=1S/C12H15BrF3N3/c1-2-5-19(7-12(14,15)16)10-6-9(13)17-11(18-10)8-3-4-8/h6,8H,2-5,7H2,1H3. The second kappa shape index (κ2) is 5.64. The molecule has 0 atom stereocenters. The Balaban J connectivity index is 2.24. The van der Waals surface area contributed by atoms with Crippen LogP contribution in [0.2, 0.25) is 0 Å². The van der Waals surface area contributed by atoms with Gasteiger partial charge in [-0.05, 0) is 35.2 Å². The van der Waals surface area contributed by atoms with Crippen LogP contribution in [0.4, 0.5) is 19.0 Å². The van der Waals surface area contributed by atoms with Gasteiger partial charge in [0, 0.05) is 18.5 Å². The summed E-state index contributed by atoms with van der Waals surface area (Å²) >= 11 is 3.25. The number of rotatable bonds is 5. The van der Waals surface area contributed by atoms with Crippen molar-refractivity contribution < 1.29 is 13.2 Å². The minimum Gasteiger partial charge on any atom is -0.347 e. The van der Waals surface area contributed by atoms with Crippen LogP contribution in [-0.4, -0.2) is 29.2 Å². The summed E-state index contributed by atoms with van der Waals surface area (Å²) in [5, 5.41) is 0. The summed E-state index contributed by atoms with van der Waals surface area (Å²) in [6, 6.07) is 1.55. The van der Waals surface area contributed by atoms with Crippen LogP contribution >= 0.6 is 15.9 Å². The molecule has 1 aromatic heterocycles. The highest BCUT2D eigenvalue weighted by atomic mass is 79.9. The van der Waals surface area contributed by atoms with Crippen molar-refractivity contribution in [2.45, 2.75) is 38.3 Å². The number of alkyl halides is 3. The molecule has 0 aliphatic heterocycles. The van der Waals surface area contributed by atoms with Crippen LogP contribution < -0.4 is 4.90 Å². The quantitative estimate of drug-likeness (QED) is 0.763. The molecule has 7 heteroatoms. The Labute approximate surface area is 118 Å². The topological polar surface area (TPSA) is 29.0 Å². The van der Waals surface area contributed by atoms with E-state index in [9.17, 15) is 13.2 Å². The smallest absolute Gasteiger partial charge is 0.347 e. The lowest BCUT2D eigenvalue weighted by Crippen LogP contribution is -2.35. The number of nitrogens with zero attached hydrogens (tertiary/aromatic N) is 3. The van der Waals surface area contributed by atoms with Crippen molar-refractivity contribution in [2.75, 3.05) is 18.0 Å². The van der Waals surface area contributed by atoms with Crippen molar-refractivity contribution in [2.24, 2.45) is 0 Å². The molecule has 19 heavy (non-hydrogen) atoms. The lowest BCUT2D eigenvalue weighted by Gasteiger charge is -2.24. The van der Waals surface area contributed by atoms with Crippen molar-refractivity contribution in [3.8, 4) is 0 Å². The highest BCUT2D eigenvalue weighted by Gasteiger charge is 2.32. The van der Waals surface area contributed by atoms with E-state index in [0.717, 1.165) is 12.8 Å². The van der Waals surface area contributed by atoms with Gasteiger partial charge in [0.15, 0.2) is 0 Å². The minimum absolute atomic E-state index is 0.311. The third-order valence-electron chi connectivity index (χ3n) is 2.83. The predicted octanol–water partition coefficient (Wildman–Crippen LogP) is 3.90. The molecular weight excluding hydrogens is 323 g/mol. The van der Waals surface area contributed by atoms with E-state index >= 15 is 0 Å². The van der Waals surface area contributed by atoms with Gasteiger partial charge in [-0.2, -0.15) is 13.2 Å². The molecule has 1 heterocycles. The first-order valence-electron chi connectivity index (χ1n) is 6.25. The fourth-order valence-corrected chi connectivity index (χ4v) is 2.26. The van der Waals surface area contributed by atoms with Crippen LogP contribution in [0.15, 0.2) is 10.7 Å². The number of hydrogen-bond donors (Lipinski definition) is 0. The molecule has 0 unspecified atom stereocenters. The van der Waals surface area contributed by atoms with Gasteiger partial charge in [-0.1, -0.05) is 6.92 Å². The second-order valence-corrected chi connectivity index (χ2v) is 5.53. The molecule has 0 bridgehead atoms. The normalized spacial score (nSPS) is 15.6. The van der Waals surface area contributed by atoms with E-state index in [2.05, 4.69) is 25.9 Å². The van der Waals surface area contributed by atoms with Crippen LogP contribution in [0.1, 0.15) is 37.9 Å². The molecule has 0 radical (unpaired) electrons. The maximum atomic E-state index is 12.6. The molecule has 2 rings (SSSR count). The van der Waals surface area contributed by atoms with E-state index in [1.165, 1.54) is 4.90 Å². The van der Waals surface area contributed by atoms with Crippen molar-refractivity contribution >= 4 is 21.7 Å². The van der Waals surface area contributed by atoms with Crippen molar-refractivity contribution in [1.29, 1.82) is 0 Å². The molecule has 0 spiro atoms. The summed E-state index contributed by atoms with van der Waals surface area (Å²) in [7, 11) is 0. The maximum Gasteiger partial charge on any atom is 0.405 e. The van der Waals surface area contributed by atoms with Gasteiger partial charge in [-0.3, -0.25) is 0 Å². The van der Waals surface area contributed by atoms with E-state index in [1.807, 2.05) is 6.92 Å². The lowest BCUT2D eigenvalue weighted by molar-refractivity contribution is -0.119. The number of hydrogen-bond acceptors (Lipinski definition) is 3. The molecule has 3 nitrogen and oxygen atoms in total. The van der Waals surface area contributed by atoms with Crippen molar-refractivity contribution in [3.05, 3.63) is 16.5 Å². The largest absolute Gasteiger partial charge is 0.405 e. The van der Waals surface area contributed by atoms with E-state index in [0.29, 0.717) is 35.1 Å². The van der Waals surface area contributed by atoms with Crippen LogP contribution in [0.25, 0.3) is 0 Å². The Morgan fingerprint density at radius 3 is 2.58 bits per heavy atom. The zero-order chi connectivity index (χ0) is 14.0. The van der Waals surface area contributed by atoms with Gasteiger partial charge in [0.2, 0.25) is 0 Å². The Bertz CT molecular complexity index is 446. The van der Waals surface area contributed by atoms with Gasteiger partial charge in [-0.25, -0.2) is 9.97 Å².